The van der Waals surface area contributed by atoms with E-state index in [9.17, 15) is 9.59 Å². The molecular weight excluding hydrogens is 536 g/mol. The number of rotatable bonds is 13. The molecule has 0 heterocycles. The van der Waals surface area contributed by atoms with E-state index < -0.39 is 0 Å². The Hall–Kier alpha value is -3.82. The Bertz CT molecular complexity index is 1200. The van der Waals surface area contributed by atoms with Crippen LogP contribution >= 0.6 is 0 Å². The Kier molecular flexibility index (Phi) is 11.6. The first kappa shape index (κ1) is 32.7. The average Bonchev–Trinajstić information content (AvgIpc) is 2.94. The van der Waals surface area contributed by atoms with Crippen molar-refractivity contribution < 1.29 is 28.5 Å². The predicted octanol–water partition coefficient (Wildman–Crippen LogP) is 4.69. The summed E-state index contributed by atoms with van der Waals surface area (Å²) in [5.41, 5.74) is 1.97. The summed E-state index contributed by atoms with van der Waals surface area (Å²) in [7, 11) is 6.42. The van der Waals surface area contributed by atoms with Crippen LogP contribution in [-0.4, -0.2) is 66.2 Å². The lowest BCUT2D eigenvalue weighted by Gasteiger charge is -2.46. The van der Waals surface area contributed by atoms with E-state index in [4.69, 9.17) is 18.9 Å². The average molecular weight is 585 g/mol. The fourth-order valence-electron chi connectivity index (χ4n) is 6.18. The summed E-state index contributed by atoms with van der Waals surface area (Å²) in [6.45, 7) is 8.14. The minimum Gasteiger partial charge on any atom is -0.493 e. The van der Waals surface area contributed by atoms with Gasteiger partial charge in [0.25, 0.3) is 0 Å². The van der Waals surface area contributed by atoms with Crippen molar-refractivity contribution in [3.8, 4) is 23.0 Å². The third kappa shape index (κ3) is 9.63. The third-order valence-corrected chi connectivity index (χ3v) is 7.75. The first-order chi connectivity index (χ1) is 20.0. The zero-order valence-electron chi connectivity index (χ0n) is 26.1. The number of benzene rings is 2. The van der Waals surface area contributed by atoms with E-state index in [-0.39, 0.29) is 28.9 Å². The van der Waals surface area contributed by atoms with Crippen molar-refractivity contribution in [3.63, 3.8) is 0 Å². The summed E-state index contributed by atoms with van der Waals surface area (Å²) in [6, 6.07) is 11.1. The number of hydrogen-bond donors (Lipinski definition) is 4. The van der Waals surface area contributed by atoms with Crippen LogP contribution in [-0.2, 0) is 12.8 Å². The number of hydrogen-bond acceptors (Lipinski definition) is 6. The lowest BCUT2D eigenvalue weighted by Crippen LogP contribution is -2.53. The van der Waals surface area contributed by atoms with Crippen LogP contribution < -0.4 is 40.2 Å². The van der Waals surface area contributed by atoms with Crippen molar-refractivity contribution in [3.05, 3.63) is 47.5 Å². The predicted molar refractivity (Wildman–Crippen MR) is 164 cm³/mol. The summed E-state index contributed by atoms with van der Waals surface area (Å²) in [4.78, 5) is 25.4. The van der Waals surface area contributed by atoms with Gasteiger partial charge in [0.05, 0.1) is 28.4 Å². The molecule has 0 bridgehead atoms. The van der Waals surface area contributed by atoms with Gasteiger partial charge in [0.15, 0.2) is 23.0 Å². The Morgan fingerprint density at radius 2 is 1.21 bits per heavy atom. The molecule has 0 saturated heterocycles. The van der Waals surface area contributed by atoms with Crippen LogP contribution in [0.1, 0.15) is 51.2 Å². The van der Waals surface area contributed by atoms with Crippen molar-refractivity contribution in [2.45, 2.75) is 58.9 Å². The maximum atomic E-state index is 12.8. The number of carbonyl (C=O) groups excluding carboxylic acids is 2. The van der Waals surface area contributed by atoms with E-state index >= 15 is 0 Å². The highest BCUT2D eigenvalue weighted by Crippen LogP contribution is 2.45. The van der Waals surface area contributed by atoms with Gasteiger partial charge in [-0.15, -0.1) is 0 Å². The molecule has 0 spiro atoms. The van der Waals surface area contributed by atoms with E-state index in [1.807, 2.05) is 36.4 Å². The standard InChI is InChI=1S/C32H48N4O6/c1-31(2)18-24(36-30(38)34-15-13-23-9-11-26(40-5)28(17-23)42-7)19-32(3,20-31)21-35-29(37)33-14-12-22-8-10-25(39-4)27(16-22)41-6/h8-11,16-17,24H,12-15,18-21H2,1-7H3,(H2,33,35,37)(H2,34,36,38)/t24-,32+/m0/s1. The van der Waals surface area contributed by atoms with Gasteiger partial charge in [-0.25, -0.2) is 9.59 Å². The molecule has 1 aliphatic rings. The molecule has 4 N–H and O–H groups in total. The van der Waals surface area contributed by atoms with Gasteiger partial charge in [-0.3, -0.25) is 0 Å². The van der Waals surface area contributed by atoms with Gasteiger partial charge in [-0.2, -0.15) is 0 Å². The highest BCUT2D eigenvalue weighted by molar-refractivity contribution is 5.74. The number of ether oxygens (including phenoxy) is 4. The summed E-state index contributed by atoms with van der Waals surface area (Å²) in [5, 5.41) is 12.2. The van der Waals surface area contributed by atoms with Gasteiger partial charge < -0.3 is 40.2 Å². The van der Waals surface area contributed by atoms with Gasteiger partial charge in [0, 0.05) is 25.7 Å². The Morgan fingerprint density at radius 3 is 1.71 bits per heavy atom. The molecule has 2 atom stereocenters. The topological polar surface area (TPSA) is 119 Å². The smallest absolute Gasteiger partial charge is 0.315 e. The van der Waals surface area contributed by atoms with Gasteiger partial charge in [0.2, 0.25) is 0 Å². The SMILES string of the molecule is COc1ccc(CCNC(=O)NC[C@]2(C)C[C@@H](NC(=O)NCCc3ccc(OC)c(OC)c3)CC(C)(C)C2)cc1OC. The van der Waals surface area contributed by atoms with E-state index in [1.54, 1.807) is 28.4 Å². The van der Waals surface area contributed by atoms with Gasteiger partial charge in [0.1, 0.15) is 0 Å². The summed E-state index contributed by atoms with van der Waals surface area (Å²) in [5.74, 6) is 2.69. The van der Waals surface area contributed by atoms with E-state index in [0.717, 1.165) is 30.4 Å². The molecule has 0 unspecified atom stereocenters. The van der Waals surface area contributed by atoms with Gasteiger partial charge in [-0.05, 0) is 78.3 Å². The normalized spacial score (nSPS) is 19.3. The Labute approximate surface area is 250 Å². The molecule has 1 aliphatic carbocycles. The second-order valence-electron chi connectivity index (χ2n) is 12.1. The van der Waals surface area contributed by atoms with Crippen LogP contribution in [0.15, 0.2) is 36.4 Å². The molecule has 42 heavy (non-hydrogen) atoms. The number of urea groups is 2. The molecular formula is C32H48N4O6. The van der Waals surface area contributed by atoms with Crippen molar-refractivity contribution in [2.75, 3.05) is 48.1 Å². The minimum absolute atomic E-state index is 0.00902. The lowest BCUT2D eigenvalue weighted by atomic mass is 9.62. The molecule has 2 aromatic carbocycles. The van der Waals surface area contributed by atoms with Crippen LogP contribution in [0.3, 0.4) is 0 Å². The number of methoxy groups -OCH3 is 4. The molecule has 0 radical (unpaired) electrons. The molecule has 10 heteroatoms. The van der Waals surface area contributed by atoms with E-state index in [1.165, 1.54) is 0 Å². The molecule has 232 valence electrons. The quantitative estimate of drug-likeness (QED) is 0.271. The van der Waals surface area contributed by atoms with Crippen molar-refractivity contribution in [1.82, 2.24) is 21.3 Å². The highest BCUT2D eigenvalue weighted by Gasteiger charge is 2.41. The summed E-state index contributed by atoms with van der Waals surface area (Å²) < 4.78 is 21.3. The second kappa shape index (κ2) is 14.9. The molecule has 1 saturated carbocycles. The molecule has 10 nitrogen and oxygen atoms in total. The zero-order valence-corrected chi connectivity index (χ0v) is 26.1. The fourth-order valence-corrected chi connectivity index (χ4v) is 6.18. The summed E-state index contributed by atoms with van der Waals surface area (Å²) in [6.07, 6.45) is 3.96. The maximum Gasteiger partial charge on any atom is 0.315 e. The Balaban J connectivity index is 1.44. The third-order valence-electron chi connectivity index (χ3n) is 7.75. The first-order valence-electron chi connectivity index (χ1n) is 14.5. The van der Waals surface area contributed by atoms with Crippen molar-refractivity contribution in [1.29, 1.82) is 0 Å². The molecule has 3 rings (SSSR count). The number of nitrogens with one attached hydrogen (secondary N) is 4. The van der Waals surface area contributed by atoms with Crippen LogP contribution in [0, 0.1) is 10.8 Å². The van der Waals surface area contributed by atoms with E-state index in [0.29, 0.717) is 55.5 Å². The monoisotopic (exact) mass is 584 g/mol. The van der Waals surface area contributed by atoms with E-state index in [2.05, 4.69) is 42.0 Å². The number of amides is 4. The van der Waals surface area contributed by atoms with Crippen LogP contribution in [0.4, 0.5) is 9.59 Å². The van der Waals surface area contributed by atoms with Gasteiger partial charge >= 0.3 is 12.1 Å². The fraction of sp³-hybridized carbons (Fsp3) is 0.562. The first-order valence-corrected chi connectivity index (χ1v) is 14.5. The van der Waals surface area contributed by atoms with Gasteiger partial charge in [-0.1, -0.05) is 32.9 Å². The van der Waals surface area contributed by atoms with Crippen molar-refractivity contribution in [2.24, 2.45) is 10.8 Å². The molecule has 4 amide bonds. The molecule has 0 aliphatic heterocycles. The largest absolute Gasteiger partial charge is 0.493 e. The molecule has 1 fully saturated rings. The van der Waals surface area contributed by atoms with Crippen molar-refractivity contribution >= 4 is 12.1 Å². The van der Waals surface area contributed by atoms with Crippen LogP contribution in [0.25, 0.3) is 0 Å². The molecule has 2 aromatic rings. The maximum absolute atomic E-state index is 12.8. The minimum atomic E-state index is -0.197. The highest BCUT2D eigenvalue weighted by atomic mass is 16.5. The zero-order chi connectivity index (χ0) is 30.8. The second-order valence-corrected chi connectivity index (χ2v) is 12.1. The van der Waals surface area contributed by atoms with Crippen LogP contribution in [0.5, 0.6) is 23.0 Å². The summed E-state index contributed by atoms with van der Waals surface area (Å²) >= 11 is 0. The lowest BCUT2D eigenvalue weighted by molar-refractivity contribution is 0.0749. The Morgan fingerprint density at radius 1 is 0.714 bits per heavy atom. The van der Waals surface area contributed by atoms with Crippen LogP contribution in [0.2, 0.25) is 0 Å². The number of carbonyl (C=O) groups is 2. The molecule has 0 aromatic heterocycles.